The standard InChI is InChI=1S/C19H22FN5O/c1-11(2)21-13(4)17-22-23-18-14(5)24(8-9-25(17)18)19(26)15-6-7-16(20)12(3)10-15/h6-7,10,14H,1,8-9H2,2-5H3/t14-/m1/s1. The summed E-state index contributed by atoms with van der Waals surface area (Å²) in [4.78, 5) is 19.0. The zero-order valence-corrected chi connectivity index (χ0v) is 15.5. The van der Waals surface area contributed by atoms with Crippen LogP contribution in [0.4, 0.5) is 4.39 Å². The average molecular weight is 355 g/mol. The van der Waals surface area contributed by atoms with Gasteiger partial charge in [-0.05, 0) is 51.5 Å². The van der Waals surface area contributed by atoms with Gasteiger partial charge in [-0.2, -0.15) is 0 Å². The molecule has 0 saturated carbocycles. The molecule has 1 atom stereocenters. The Morgan fingerprint density at radius 3 is 2.69 bits per heavy atom. The third kappa shape index (κ3) is 3.16. The van der Waals surface area contributed by atoms with Crippen molar-refractivity contribution in [2.45, 2.75) is 40.3 Å². The Kier molecular flexibility index (Phi) is 4.71. The lowest BCUT2D eigenvalue weighted by atomic mass is 10.1. The number of carbonyl (C=O) groups excluding carboxylic acids is 1. The number of rotatable bonds is 3. The molecular formula is C19H22FN5O. The summed E-state index contributed by atoms with van der Waals surface area (Å²) in [7, 11) is 0. The Balaban J connectivity index is 1.90. The number of benzene rings is 1. The van der Waals surface area contributed by atoms with Gasteiger partial charge in [-0.15, -0.1) is 10.2 Å². The van der Waals surface area contributed by atoms with E-state index in [4.69, 9.17) is 0 Å². The molecule has 0 unspecified atom stereocenters. The van der Waals surface area contributed by atoms with Gasteiger partial charge in [0.15, 0.2) is 11.6 Å². The highest BCUT2D eigenvalue weighted by Gasteiger charge is 2.32. The van der Waals surface area contributed by atoms with Gasteiger partial charge in [0.05, 0.1) is 11.8 Å². The molecule has 7 heteroatoms. The number of nitrogens with zero attached hydrogens (tertiary/aromatic N) is 5. The van der Waals surface area contributed by atoms with E-state index in [1.807, 2.05) is 25.3 Å². The van der Waals surface area contributed by atoms with E-state index in [0.29, 0.717) is 35.7 Å². The van der Waals surface area contributed by atoms with E-state index >= 15 is 0 Å². The van der Waals surface area contributed by atoms with Crippen molar-refractivity contribution in [3.63, 3.8) is 0 Å². The smallest absolute Gasteiger partial charge is 0.254 e. The van der Waals surface area contributed by atoms with Gasteiger partial charge < -0.3 is 9.47 Å². The van der Waals surface area contributed by atoms with Gasteiger partial charge in [-0.25, -0.2) is 4.39 Å². The fraction of sp³-hybridized carbons (Fsp3) is 0.368. The van der Waals surface area contributed by atoms with E-state index in [1.54, 1.807) is 17.9 Å². The molecule has 1 aromatic heterocycles. The van der Waals surface area contributed by atoms with Crippen molar-refractivity contribution >= 4 is 11.6 Å². The molecule has 0 radical (unpaired) electrons. The number of aromatic nitrogens is 3. The summed E-state index contributed by atoms with van der Waals surface area (Å²) in [5.74, 6) is 0.961. The number of hydrogen-bond acceptors (Lipinski definition) is 4. The van der Waals surface area contributed by atoms with Crippen LogP contribution >= 0.6 is 0 Å². The summed E-state index contributed by atoms with van der Waals surface area (Å²) in [6.45, 7) is 12.2. The Labute approximate surface area is 152 Å². The van der Waals surface area contributed by atoms with Gasteiger partial charge in [0.25, 0.3) is 5.91 Å². The highest BCUT2D eigenvalue weighted by atomic mass is 19.1. The van der Waals surface area contributed by atoms with E-state index in [9.17, 15) is 9.18 Å². The molecule has 6 nitrogen and oxygen atoms in total. The molecule has 2 aromatic rings. The maximum atomic E-state index is 13.5. The van der Waals surface area contributed by atoms with Crippen LogP contribution in [0.5, 0.6) is 0 Å². The number of aryl methyl sites for hydroxylation is 1. The summed E-state index contributed by atoms with van der Waals surface area (Å²) in [5.41, 5.74) is 2.38. The summed E-state index contributed by atoms with van der Waals surface area (Å²) in [6, 6.07) is 4.19. The Morgan fingerprint density at radius 1 is 1.31 bits per heavy atom. The number of amides is 1. The lowest BCUT2D eigenvalue weighted by molar-refractivity contribution is 0.0637. The number of fused-ring (bicyclic) bond motifs is 1. The van der Waals surface area contributed by atoms with Crippen LogP contribution in [0.3, 0.4) is 0 Å². The van der Waals surface area contributed by atoms with Crippen LogP contribution in [0.15, 0.2) is 35.5 Å². The number of carbonyl (C=O) groups is 1. The summed E-state index contributed by atoms with van der Waals surface area (Å²) < 4.78 is 15.5. The molecule has 0 saturated heterocycles. The third-order valence-corrected chi connectivity index (χ3v) is 4.53. The van der Waals surface area contributed by atoms with Gasteiger partial charge in [0.2, 0.25) is 0 Å². The first-order valence-corrected chi connectivity index (χ1v) is 8.51. The molecule has 1 aliphatic heterocycles. The maximum Gasteiger partial charge on any atom is 0.254 e. The van der Waals surface area contributed by atoms with Crippen LogP contribution in [0.1, 0.15) is 54.4 Å². The van der Waals surface area contributed by atoms with E-state index in [1.165, 1.54) is 12.1 Å². The zero-order valence-electron chi connectivity index (χ0n) is 15.5. The van der Waals surface area contributed by atoms with Crippen molar-refractivity contribution in [1.29, 1.82) is 0 Å². The summed E-state index contributed by atoms with van der Waals surface area (Å²) in [5, 5.41) is 8.52. The second-order valence-electron chi connectivity index (χ2n) is 6.60. The monoisotopic (exact) mass is 355 g/mol. The average Bonchev–Trinajstić information content (AvgIpc) is 3.01. The second-order valence-corrected chi connectivity index (χ2v) is 6.60. The molecule has 0 aliphatic carbocycles. The van der Waals surface area contributed by atoms with Crippen molar-refractivity contribution in [3.8, 4) is 0 Å². The molecule has 136 valence electrons. The lowest BCUT2D eigenvalue weighted by Crippen LogP contribution is -2.41. The van der Waals surface area contributed by atoms with Gasteiger partial charge in [-0.3, -0.25) is 9.79 Å². The van der Waals surface area contributed by atoms with Crippen molar-refractivity contribution in [2.24, 2.45) is 4.99 Å². The van der Waals surface area contributed by atoms with Crippen molar-refractivity contribution < 1.29 is 9.18 Å². The van der Waals surface area contributed by atoms with Crippen LogP contribution in [-0.4, -0.2) is 37.8 Å². The largest absolute Gasteiger partial charge is 0.327 e. The predicted molar refractivity (Wildman–Crippen MR) is 97.6 cm³/mol. The van der Waals surface area contributed by atoms with E-state index in [-0.39, 0.29) is 17.8 Å². The van der Waals surface area contributed by atoms with Gasteiger partial charge in [0.1, 0.15) is 5.82 Å². The Hall–Kier alpha value is -2.83. The molecule has 0 N–H and O–H groups in total. The number of hydrogen-bond donors (Lipinski definition) is 0. The molecule has 0 bridgehead atoms. The molecule has 0 spiro atoms. The summed E-state index contributed by atoms with van der Waals surface area (Å²) >= 11 is 0. The fourth-order valence-electron chi connectivity index (χ4n) is 3.21. The van der Waals surface area contributed by atoms with Gasteiger partial charge in [-0.1, -0.05) is 6.58 Å². The van der Waals surface area contributed by atoms with Gasteiger partial charge >= 0.3 is 0 Å². The molecule has 1 aliphatic rings. The van der Waals surface area contributed by atoms with Crippen LogP contribution in [0, 0.1) is 12.7 Å². The third-order valence-electron chi connectivity index (χ3n) is 4.53. The number of aliphatic imine (C=N–C) groups is 1. The number of allylic oxidation sites excluding steroid dienone is 1. The topological polar surface area (TPSA) is 63.4 Å². The highest BCUT2D eigenvalue weighted by Crippen LogP contribution is 2.26. The van der Waals surface area contributed by atoms with Crippen LogP contribution in [0.2, 0.25) is 0 Å². The zero-order chi connectivity index (χ0) is 19.0. The Morgan fingerprint density at radius 2 is 2.04 bits per heavy atom. The van der Waals surface area contributed by atoms with Gasteiger partial charge in [0, 0.05) is 24.4 Å². The van der Waals surface area contributed by atoms with Crippen molar-refractivity contribution in [1.82, 2.24) is 19.7 Å². The molecule has 26 heavy (non-hydrogen) atoms. The first-order chi connectivity index (χ1) is 12.3. The lowest BCUT2D eigenvalue weighted by Gasteiger charge is -2.33. The predicted octanol–water partition coefficient (Wildman–Crippen LogP) is 3.29. The minimum Gasteiger partial charge on any atom is -0.327 e. The molecule has 1 amide bonds. The maximum absolute atomic E-state index is 13.5. The molecule has 2 heterocycles. The van der Waals surface area contributed by atoms with E-state index < -0.39 is 0 Å². The minimum absolute atomic E-state index is 0.135. The molecular weight excluding hydrogens is 333 g/mol. The van der Waals surface area contributed by atoms with Crippen LogP contribution < -0.4 is 0 Å². The molecule has 1 aromatic carbocycles. The second kappa shape index (κ2) is 6.82. The van der Waals surface area contributed by atoms with Crippen molar-refractivity contribution in [3.05, 3.63) is 59.1 Å². The van der Waals surface area contributed by atoms with E-state index in [2.05, 4.69) is 21.8 Å². The SMILES string of the molecule is C=C(C)N=C(C)c1nnc2n1CCN(C(=O)c1ccc(F)c(C)c1)[C@@H]2C. The minimum atomic E-state index is -0.315. The Bertz CT molecular complexity index is 915. The van der Waals surface area contributed by atoms with Crippen LogP contribution in [0.25, 0.3) is 0 Å². The van der Waals surface area contributed by atoms with E-state index in [0.717, 1.165) is 11.5 Å². The first-order valence-electron chi connectivity index (χ1n) is 8.51. The first kappa shape index (κ1) is 18.0. The molecule has 0 fully saturated rings. The van der Waals surface area contributed by atoms with Crippen LogP contribution in [-0.2, 0) is 6.54 Å². The normalized spacial score (nSPS) is 17.2. The quantitative estimate of drug-likeness (QED) is 0.794. The van der Waals surface area contributed by atoms with Crippen molar-refractivity contribution in [2.75, 3.05) is 6.54 Å². The summed E-state index contributed by atoms with van der Waals surface area (Å²) in [6.07, 6.45) is 0. The number of halogens is 1. The molecule has 3 rings (SSSR count). The fourth-order valence-corrected chi connectivity index (χ4v) is 3.21. The highest BCUT2D eigenvalue weighted by molar-refractivity contribution is 5.96.